The van der Waals surface area contributed by atoms with Crippen LogP contribution >= 0.6 is 0 Å². The zero-order chi connectivity index (χ0) is 22.1. The topological polar surface area (TPSA) is 107 Å². The third-order valence-corrected chi connectivity index (χ3v) is 6.88. The molecular weight excluding hydrogens is 410 g/mol. The number of esters is 2. The molecule has 8 nitrogen and oxygen atoms in total. The summed E-state index contributed by atoms with van der Waals surface area (Å²) in [4.78, 5) is 37.7. The molecule has 0 radical (unpaired) electrons. The van der Waals surface area contributed by atoms with Crippen LogP contribution in [0.15, 0.2) is 53.4 Å². The van der Waals surface area contributed by atoms with Crippen molar-refractivity contribution in [3.63, 3.8) is 0 Å². The van der Waals surface area contributed by atoms with Crippen LogP contribution in [-0.4, -0.2) is 51.2 Å². The van der Waals surface area contributed by atoms with E-state index in [-0.39, 0.29) is 16.0 Å². The van der Waals surface area contributed by atoms with Crippen molar-refractivity contribution in [3.05, 3.63) is 65.2 Å². The average molecular weight is 431 g/mol. The quantitative estimate of drug-likeness (QED) is 0.525. The first kappa shape index (κ1) is 21.7. The summed E-state index contributed by atoms with van der Waals surface area (Å²) in [6.07, 6.45) is 0. The maximum Gasteiger partial charge on any atom is 0.322 e. The van der Waals surface area contributed by atoms with Gasteiger partial charge in [0.2, 0.25) is 10.0 Å². The number of aryl methyl sites for hydroxylation is 1. The van der Waals surface area contributed by atoms with E-state index in [9.17, 15) is 22.8 Å². The summed E-state index contributed by atoms with van der Waals surface area (Å²) >= 11 is 0. The first-order valence-corrected chi connectivity index (χ1v) is 10.5. The minimum Gasteiger partial charge on any atom is -0.468 e. The molecule has 1 heterocycles. The van der Waals surface area contributed by atoms with Gasteiger partial charge in [-0.2, -0.15) is 4.31 Å². The molecule has 158 valence electrons. The fourth-order valence-corrected chi connectivity index (χ4v) is 5.10. The molecule has 0 spiro atoms. The number of carbonyl (C=O) groups is 3. The fourth-order valence-electron chi connectivity index (χ4n) is 3.52. The molecule has 1 aliphatic heterocycles. The number of sulfonamides is 1. The van der Waals surface area contributed by atoms with Gasteiger partial charge in [0.15, 0.2) is 11.7 Å². The van der Waals surface area contributed by atoms with Gasteiger partial charge in [0.1, 0.15) is 0 Å². The number of Topliss-reactive ketones (excluding diaryl/α,β-unsaturated/α-hetero) is 1. The Labute approximate surface area is 174 Å². The number of hydrogen-bond acceptors (Lipinski definition) is 7. The van der Waals surface area contributed by atoms with E-state index in [4.69, 9.17) is 9.47 Å². The summed E-state index contributed by atoms with van der Waals surface area (Å²) < 4.78 is 37.3. The predicted molar refractivity (Wildman–Crippen MR) is 106 cm³/mol. The Balaban J connectivity index is 2.24. The second-order valence-electron chi connectivity index (χ2n) is 6.84. The molecule has 0 amide bonds. The number of hydrogen-bond donors (Lipinski definition) is 0. The number of methoxy groups -OCH3 is 2. The Morgan fingerprint density at radius 2 is 1.57 bits per heavy atom. The second-order valence-corrected chi connectivity index (χ2v) is 8.73. The fraction of sp³-hybridized carbons (Fsp3) is 0.286. The van der Waals surface area contributed by atoms with Gasteiger partial charge in [0.05, 0.1) is 31.7 Å². The highest BCUT2D eigenvalue weighted by atomic mass is 32.2. The highest BCUT2D eigenvalue weighted by Crippen LogP contribution is 2.40. The molecule has 0 aromatic heterocycles. The molecule has 1 atom stereocenters. The van der Waals surface area contributed by atoms with Crippen LogP contribution < -0.4 is 0 Å². The normalized spacial score (nSPS) is 16.8. The molecule has 0 N–H and O–H groups in total. The van der Waals surface area contributed by atoms with Crippen molar-refractivity contribution in [1.82, 2.24) is 4.31 Å². The molecule has 0 saturated carbocycles. The number of ether oxygens (including phenoxy) is 2. The largest absolute Gasteiger partial charge is 0.468 e. The van der Waals surface area contributed by atoms with Gasteiger partial charge in [-0.3, -0.25) is 14.4 Å². The molecule has 9 heteroatoms. The zero-order valence-corrected chi connectivity index (χ0v) is 17.5. The maximum absolute atomic E-state index is 13.5. The van der Waals surface area contributed by atoms with E-state index in [2.05, 4.69) is 0 Å². The van der Waals surface area contributed by atoms with Crippen LogP contribution in [0.3, 0.4) is 0 Å². The molecule has 3 rings (SSSR count). The molecule has 0 aliphatic carbocycles. The first-order valence-electron chi connectivity index (χ1n) is 9.08. The minimum absolute atomic E-state index is 0.0567. The zero-order valence-electron chi connectivity index (χ0n) is 16.7. The Hall–Kier alpha value is -3.04. The number of fused-ring (bicyclic) bond motifs is 1. The minimum atomic E-state index is -4.24. The van der Waals surface area contributed by atoms with Crippen molar-refractivity contribution in [2.75, 3.05) is 20.8 Å². The standard InChI is InChI=1S/C21H21NO7S/c1-13-8-10-14(11-9-13)30(26,27)22-12-17(23)15-6-4-5-7-16(15)19(22)18(20(24)28-2)21(25)29-3/h4-11,18-19H,12H2,1-3H3. The summed E-state index contributed by atoms with van der Waals surface area (Å²) in [7, 11) is -2.05. The van der Waals surface area contributed by atoms with Crippen molar-refractivity contribution < 1.29 is 32.3 Å². The van der Waals surface area contributed by atoms with Gasteiger partial charge < -0.3 is 9.47 Å². The number of rotatable bonds is 5. The van der Waals surface area contributed by atoms with Crippen molar-refractivity contribution in [1.29, 1.82) is 0 Å². The van der Waals surface area contributed by atoms with Gasteiger partial charge >= 0.3 is 11.9 Å². The number of benzene rings is 2. The van der Waals surface area contributed by atoms with Gasteiger partial charge in [-0.05, 0) is 24.6 Å². The van der Waals surface area contributed by atoms with Gasteiger partial charge in [-0.25, -0.2) is 8.42 Å². The predicted octanol–water partition coefficient (Wildman–Crippen LogP) is 1.89. The van der Waals surface area contributed by atoms with Gasteiger partial charge in [0.25, 0.3) is 0 Å². The van der Waals surface area contributed by atoms with Crippen LogP contribution in [0.5, 0.6) is 0 Å². The van der Waals surface area contributed by atoms with Crippen LogP contribution in [0.2, 0.25) is 0 Å². The number of nitrogens with zero attached hydrogens (tertiary/aromatic N) is 1. The van der Waals surface area contributed by atoms with Crippen LogP contribution in [0, 0.1) is 12.8 Å². The molecular formula is C21H21NO7S. The van der Waals surface area contributed by atoms with Gasteiger partial charge in [-0.15, -0.1) is 0 Å². The third-order valence-electron chi connectivity index (χ3n) is 5.04. The molecule has 0 saturated heterocycles. The lowest BCUT2D eigenvalue weighted by molar-refractivity contribution is -0.161. The number of ketones is 1. The molecule has 1 unspecified atom stereocenters. The molecule has 30 heavy (non-hydrogen) atoms. The summed E-state index contributed by atoms with van der Waals surface area (Å²) in [6, 6.07) is 11.1. The van der Waals surface area contributed by atoms with Gasteiger partial charge in [-0.1, -0.05) is 42.0 Å². The van der Waals surface area contributed by atoms with Crippen LogP contribution in [-0.2, 0) is 29.1 Å². The maximum atomic E-state index is 13.5. The van der Waals surface area contributed by atoms with Crippen LogP contribution in [0.1, 0.15) is 27.5 Å². The average Bonchev–Trinajstić information content (AvgIpc) is 2.75. The Morgan fingerprint density at radius 1 is 1.00 bits per heavy atom. The van der Waals surface area contributed by atoms with E-state index in [1.54, 1.807) is 24.3 Å². The lowest BCUT2D eigenvalue weighted by Gasteiger charge is -2.37. The third kappa shape index (κ3) is 3.73. The monoisotopic (exact) mass is 431 g/mol. The highest BCUT2D eigenvalue weighted by Gasteiger charge is 2.49. The van der Waals surface area contributed by atoms with Crippen LogP contribution in [0.25, 0.3) is 0 Å². The van der Waals surface area contributed by atoms with E-state index in [1.807, 2.05) is 6.92 Å². The lowest BCUT2D eigenvalue weighted by atomic mass is 9.85. The Kier molecular flexibility index (Phi) is 6.04. The number of carbonyl (C=O) groups excluding carboxylic acids is 3. The van der Waals surface area contributed by atoms with Crippen molar-refractivity contribution in [2.24, 2.45) is 5.92 Å². The molecule has 2 aromatic rings. The Bertz CT molecular complexity index is 1080. The summed E-state index contributed by atoms with van der Waals surface area (Å²) in [6.45, 7) is 1.28. The molecule has 1 aliphatic rings. The first-order chi connectivity index (χ1) is 14.2. The SMILES string of the molecule is COC(=O)C(C(=O)OC)C1c2ccccc2C(=O)CN1S(=O)(=O)c1ccc(C)cc1. The van der Waals surface area contributed by atoms with E-state index in [1.165, 1.54) is 24.3 Å². The van der Waals surface area contributed by atoms with E-state index in [0.717, 1.165) is 24.1 Å². The van der Waals surface area contributed by atoms with Crippen molar-refractivity contribution in [2.45, 2.75) is 17.9 Å². The summed E-state index contributed by atoms with van der Waals surface area (Å²) in [5.74, 6) is -3.96. The van der Waals surface area contributed by atoms with E-state index in [0.29, 0.717) is 0 Å². The van der Waals surface area contributed by atoms with E-state index < -0.39 is 46.2 Å². The molecule has 0 bridgehead atoms. The van der Waals surface area contributed by atoms with Gasteiger partial charge in [0, 0.05) is 5.56 Å². The molecule has 0 fully saturated rings. The van der Waals surface area contributed by atoms with E-state index >= 15 is 0 Å². The van der Waals surface area contributed by atoms with Crippen molar-refractivity contribution >= 4 is 27.7 Å². The second kappa shape index (κ2) is 8.37. The smallest absolute Gasteiger partial charge is 0.322 e. The Morgan fingerprint density at radius 3 is 2.13 bits per heavy atom. The highest BCUT2D eigenvalue weighted by molar-refractivity contribution is 7.89. The van der Waals surface area contributed by atoms with Crippen LogP contribution in [0.4, 0.5) is 0 Å². The molecule has 2 aromatic carbocycles. The summed E-state index contributed by atoms with van der Waals surface area (Å²) in [5.41, 5.74) is 1.34. The summed E-state index contributed by atoms with van der Waals surface area (Å²) in [5, 5.41) is 0. The van der Waals surface area contributed by atoms with Crippen molar-refractivity contribution in [3.8, 4) is 0 Å². The lowest BCUT2D eigenvalue weighted by Crippen LogP contribution is -2.49.